The van der Waals surface area contributed by atoms with E-state index in [1.807, 2.05) is 35.3 Å². The van der Waals surface area contributed by atoms with Gasteiger partial charge >= 0.3 is 12.1 Å². The molecule has 11 heteroatoms. The molecule has 1 aromatic carbocycles. The molecule has 33 heavy (non-hydrogen) atoms. The number of carbonyl (C=O) groups is 3. The fraction of sp³-hybridized carbons (Fsp3) is 0.500. The first kappa shape index (κ1) is 23.1. The summed E-state index contributed by atoms with van der Waals surface area (Å²) in [6.45, 7) is 2.61. The zero-order chi connectivity index (χ0) is 23.8. The molecule has 4 bridgehead atoms. The largest absolute Gasteiger partial charge is 0.490 e. The van der Waals surface area contributed by atoms with Crippen molar-refractivity contribution in [3.8, 4) is 5.75 Å². The Labute approximate surface area is 187 Å². The van der Waals surface area contributed by atoms with E-state index >= 15 is 0 Å². The number of carbonyl (C=O) groups excluding carboxylic acids is 2. The molecule has 4 aliphatic heterocycles. The van der Waals surface area contributed by atoms with E-state index in [0.29, 0.717) is 23.8 Å². The number of fused-ring (bicyclic) bond motifs is 1. The van der Waals surface area contributed by atoms with Crippen LogP contribution in [0.2, 0.25) is 0 Å². The molecule has 4 fully saturated rings. The maximum absolute atomic E-state index is 13.2. The molecule has 3 unspecified atom stereocenters. The number of carboxylic acids is 1. The molecule has 1 aliphatic carbocycles. The number of benzene rings is 1. The van der Waals surface area contributed by atoms with Gasteiger partial charge in [-0.2, -0.15) is 13.2 Å². The van der Waals surface area contributed by atoms with Crippen LogP contribution in [0.5, 0.6) is 5.75 Å². The van der Waals surface area contributed by atoms with E-state index in [4.69, 9.17) is 14.6 Å². The highest BCUT2D eigenvalue weighted by molar-refractivity contribution is 5.97. The predicted octanol–water partition coefficient (Wildman–Crippen LogP) is 1.58. The maximum Gasteiger partial charge on any atom is 0.490 e. The van der Waals surface area contributed by atoms with E-state index in [1.165, 1.54) is 0 Å². The van der Waals surface area contributed by atoms with Gasteiger partial charge in [-0.1, -0.05) is 24.3 Å². The predicted molar refractivity (Wildman–Crippen MR) is 110 cm³/mol. The van der Waals surface area contributed by atoms with Crippen LogP contribution in [0.4, 0.5) is 13.2 Å². The van der Waals surface area contributed by atoms with Gasteiger partial charge in [0.1, 0.15) is 12.4 Å². The van der Waals surface area contributed by atoms with Crippen LogP contribution in [0, 0.1) is 11.3 Å². The molecule has 3 saturated heterocycles. The van der Waals surface area contributed by atoms with E-state index < -0.39 is 12.1 Å². The van der Waals surface area contributed by atoms with Crippen molar-refractivity contribution in [1.29, 1.82) is 0 Å². The van der Waals surface area contributed by atoms with Crippen molar-refractivity contribution in [3.05, 3.63) is 42.0 Å². The Hall–Kier alpha value is -3.08. The minimum Gasteiger partial charge on any atom is -0.489 e. The summed E-state index contributed by atoms with van der Waals surface area (Å²) in [7, 11) is 0. The summed E-state index contributed by atoms with van der Waals surface area (Å²) in [5, 5.41) is 13.5. The molecule has 1 saturated carbocycles. The number of rotatable bonds is 0. The summed E-state index contributed by atoms with van der Waals surface area (Å²) in [5.74, 6) is -1.66. The first-order chi connectivity index (χ1) is 15.6. The summed E-state index contributed by atoms with van der Waals surface area (Å²) in [6.07, 6.45) is 0.634. The molecular formula is C22H24F3N3O5. The number of hydrogen-bond donors (Lipinski definition) is 3. The number of ether oxygens (including phenoxy) is 1. The number of para-hydroxylation sites is 1. The van der Waals surface area contributed by atoms with Crippen LogP contribution in [0.1, 0.15) is 23.2 Å². The number of halogens is 3. The zero-order valence-electron chi connectivity index (χ0n) is 17.6. The lowest BCUT2D eigenvalue weighted by molar-refractivity contribution is -0.192. The molecule has 8 nitrogen and oxygen atoms in total. The molecule has 2 amide bonds. The van der Waals surface area contributed by atoms with Crippen LogP contribution in [0.3, 0.4) is 0 Å². The van der Waals surface area contributed by atoms with E-state index in [2.05, 4.69) is 10.6 Å². The molecule has 6 rings (SSSR count). The van der Waals surface area contributed by atoms with Crippen molar-refractivity contribution in [1.82, 2.24) is 15.5 Å². The highest BCUT2D eigenvalue weighted by Gasteiger charge is 2.58. The van der Waals surface area contributed by atoms with Crippen molar-refractivity contribution in [3.63, 3.8) is 0 Å². The molecule has 0 aromatic heterocycles. The third-order valence-corrected chi connectivity index (χ3v) is 6.62. The average Bonchev–Trinajstić information content (AvgIpc) is 3.32. The highest BCUT2D eigenvalue weighted by atomic mass is 19.4. The van der Waals surface area contributed by atoms with Crippen molar-refractivity contribution >= 4 is 17.8 Å². The Balaban J connectivity index is 0.000000325. The Morgan fingerprint density at radius 3 is 2.52 bits per heavy atom. The first-order valence-electron chi connectivity index (χ1n) is 10.6. The lowest BCUT2D eigenvalue weighted by Gasteiger charge is -2.45. The van der Waals surface area contributed by atoms with Gasteiger partial charge in [-0.25, -0.2) is 4.79 Å². The normalized spacial score (nSPS) is 28.6. The van der Waals surface area contributed by atoms with Crippen molar-refractivity contribution in [2.75, 3.05) is 26.2 Å². The van der Waals surface area contributed by atoms with E-state index in [-0.39, 0.29) is 29.3 Å². The molecule has 178 valence electrons. The quantitative estimate of drug-likeness (QED) is 0.500. The summed E-state index contributed by atoms with van der Waals surface area (Å²) in [6, 6.07) is 7.54. The SMILES string of the molecule is O=C(O)C(F)(F)F.O=C1NC2C3CC2N(C3)C(=O)C2(C/C=C\COc3ccccc31)CNC2. The number of allylic oxidation sites excluding steroid dienone is 1. The number of carboxylic acid groups (broad SMARTS) is 1. The molecule has 1 spiro atoms. The highest BCUT2D eigenvalue weighted by Crippen LogP contribution is 2.44. The van der Waals surface area contributed by atoms with Gasteiger partial charge in [0.2, 0.25) is 5.91 Å². The van der Waals surface area contributed by atoms with E-state index in [0.717, 1.165) is 32.5 Å². The molecule has 4 heterocycles. The molecule has 3 N–H and O–H groups in total. The average molecular weight is 467 g/mol. The Kier molecular flexibility index (Phi) is 6.08. The van der Waals surface area contributed by atoms with Gasteiger partial charge in [-0.3, -0.25) is 9.59 Å². The Morgan fingerprint density at radius 1 is 1.18 bits per heavy atom. The third-order valence-electron chi connectivity index (χ3n) is 6.62. The topological polar surface area (TPSA) is 108 Å². The Morgan fingerprint density at radius 2 is 1.88 bits per heavy atom. The smallest absolute Gasteiger partial charge is 0.489 e. The fourth-order valence-corrected chi connectivity index (χ4v) is 4.70. The lowest BCUT2D eigenvalue weighted by atomic mass is 9.76. The van der Waals surface area contributed by atoms with Gasteiger partial charge < -0.3 is 25.4 Å². The summed E-state index contributed by atoms with van der Waals surface area (Å²) < 4.78 is 37.5. The van der Waals surface area contributed by atoms with Crippen LogP contribution < -0.4 is 15.4 Å². The van der Waals surface area contributed by atoms with Crippen LogP contribution in [-0.2, 0) is 9.59 Å². The number of aliphatic carboxylic acids is 1. The summed E-state index contributed by atoms with van der Waals surface area (Å²) in [4.78, 5) is 36.9. The number of nitrogens with zero attached hydrogens (tertiary/aromatic N) is 1. The number of amides is 2. The van der Waals surface area contributed by atoms with Gasteiger partial charge in [-0.15, -0.1) is 0 Å². The van der Waals surface area contributed by atoms with Gasteiger partial charge in [0.15, 0.2) is 0 Å². The summed E-state index contributed by atoms with van der Waals surface area (Å²) >= 11 is 0. The third kappa shape index (κ3) is 4.41. The van der Waals surface area contributed by atoms with Crippen molar-refractivity contribution in [2.24, 2.45) is 11.3 Å². The second kappa shape index (κ2) is 8.69. The van der Waals surface area contributed by atoms with Crippen molar-refractivity contribution < 1.29 is 37.4 Å². The van der Waals surface area contributed by atoms with Gasteiger partial charge in [0.05, 0.1) is 23.1 Å². The minimum absolute atomic E-state index is 0.0584. The standard InChI is InChI=1S/C20H23N3O3.C2HF3O2/c24-18-14-5-1-2-6-16(14)26-8-4-3-7-20(11-21-12-20)19(25)23-10-13-9-15(23)17(13)22-18;3-2(4,5)1(6)7/h1-6,13,15,17,21H,7-12H2,(H,22,24);(H,6,7)/b4-3-;. The molecule has 5 aliphatic rings. The fourth-order valence-electron chi connectivity index (χ4n) is 4.70. The second-order valence-electron chi connectivity index (χ2n) is 8.69. The van der Waals surface area contributed by atoms with Crippen LogP contribution in [0.15, 0.2) is 36.4 Å². The van der Waals surface area contributed by atoms with Gasteiger partial charge in [0, 0.05) is 25.6 Å². The van der Waals surface area contributed by atoms with Crippen LogP contribution >= 0.6 is 0 Å². The minimum atomic E-state index is -5.08. The van der Waals surface area contributed by atoms with Crippen LogP contribution in [0.25, 0.3) is 0 Å². The second-order valence-corrected chi connectivity index (χ2v) is 8.69. The molecular weight excluding hydrogens is 443 g/mol. The van der Waals surface area contributed by atoms with Crippen molar-refractivity contribution in [2.45, 2.75) is 31.1 Å². The first-order valence-corrected chi connectivity index (χ1v) is 10.6. The lowest BCUT2D eigenvalue weighted by Crippen LogP contribution is -2.63. The van der Waals surface area contributed by atoms with Crippen LogP contribution in [-0.4, -0.2) is 72.3 Å². The maximum atomic E-state index is 13.2. The number of hydrogen-bond acceptors (Lipinski definition) is 5. The van der Waals surface area contributed by atoms with E-state index in [9.17, 15) is 22.8 Å². The zero-order valence-corrected chi connectivity index (χ0v) is 17.6. The van der Waals surface area contributed by atoms with E-state index in [1.54, 1.807) is 6.07 Å². The number of nitrogens with one attached hydrogen (secondary N) is 2. The number of alkyl halides is 3. The summed E-state index contributed by atoms with van der Waals surface area (Å²) in [5.41, 5.74) is 0.228. The monoisotopic (exact) mass is 467 g/mol. The van der Waals surface area contributed by atoms with Gasteiger partial charge in [-0.05, 0) is 25.0 Å². The molecule has 1 aromatic rings. The van der Waals surface area contributed by atoms with Gasteiger partial charge in [0.25, 0.3) is 5.91 Å². The molecule has 0 radical (unpaired) electrons. The Bertz CT molecular complexity index is 976. The molecule has 3 atom stereocenters.